The summed E-state index contributed by atoms with van der Waals surface area (Å²) in [6.07, 6.45) is -14.6. The molecule has 0 aromatic carbocycles. The van der Waals surface area contributed by atoms with Crippen molar-refractivity contribution >= 4 is 0 Å². The molecule has 0 aliphatic rings. The van der Waals surface area contributed by atoms with Gasteiger partial charge in [0, 0.05) is 0 Å². The van der Waals surface area contributed by atoms with Crippen molar-refractivity contribution < 1.29 is 35.8 Å². The third-order valence-electron chi connectivity index (χ3n) is 0.966. The summed E-state index contributed by atoms with van der Waals surface area (Å²) in [5.41, 5.74) is 0. The summed E-state index contributed by atoms with van der Waals surface area (Å²) in [6.45, 7) is 0. The van der Waals surface area contributed by atoms with E-state index in [4.69, 9.17) is 5.11 Å². The molecule has 0 aromatic heterocycles. The molecular weight excluding hydrogens is 197 g/mol. The van der Waals surface area contributed by atoms with Crippen molar-refractivity contribution in [2.24, 2.45) is 0 Å². The van der Waals surface area contributed by atoms with Crippen LogP contribution in [0.25, 0.3) is 0 Å². The first-order chi connectivity index (χ1) is 5.10. The lowest BCUT2D eigenvalue weighted by molar-refractivity contribution is -0.296. The van der Waals surface area contributed by atoms with Gasteiger partial charge >= 0.3 is 18.5 Å². The van der Waals surface area contributed by atoms with E-state index in [0.717, 1.165) is 0 Å². The number of rotatable bonds is 2. The monoisotopic (exact) mass is 200 g/mol. The van der Waals surface area contributed by atoms with Gasteiger partial charge in [0.2, 0.25) is 6.10 Å². The van der Waals surface area contributed by atoms with E-state index >= 15 is 0 Å². The summed E-state index contributed by atoms with van der Waals surface area (Å²) < 4.78 is 79.5. The SMILES string of the molecule is O[C@@H](C(F)(F)F)C(F)(F)C(F)F. The molecule has 0 spiro atoms. The second kappa shape index (κ2) is 3.08. The Morgan fingerprint density at radius 3 is 1.33 bits per heavy atom. The van der Waals surface area contributed by atoms with E-state index in [-0.39, 0.29) is 0 Å². The molecule has 0 radical (unpaired) electrons. The van der Waals surface area contributed by atoms with Crippen LogP contribution in [0.3, 0.4) is 0 Å². The number of alkyl halides is 7. The predicted octanol–water partition coefficient (Wildman–Crippen LogP) is 1.81. The van der Waals surface area contributed by atoms with E-state index in [1.165, 1.54) is 0 Å². The van der Waals surface area contributed by atoms with Crippen molar-refractivity contribution in [3.63, 3.8) is 0 Å². The maximum Gasteiger partial charge on any atom is 0.420 e. The van der Waals surface area contributed by atoms with Crippen LogP contribution in [0.5, 0.6) is 0 Å². The molecule has 0 rings (SSSR count). The van der Waals surface area contributed by atoms with Gasteiger partial charge in [0.15, 0.2) is 0 Å². The first-order valence-corrected chi connectivity index (χ1v) is 2.51. The van der Waals surface area contributed by atoms with Gasteiger partial charge in [0.1, 0.15) is 0 Å². The van der Waals surface area contributed by atoms with Gasteiger partial charge in [-0.15, -0.1) is 0 Å². The highest BCUT2D eigenvalue weighted by atomic mass is 19.4. The maximum absolute atomic E-state index is 11.7. The number of aliphatic hydroxyl groups is 1. The molecule has 0 saturated carbocycles. The molecule has 8 heteroatoms. The first kappa shape index (κ1) is 11.5. The Morgan fingerprint density at radius 1 is 0.917 bits per heavy atom. The molecular formula is C4H3F7O. The Balaban J connectivity index is 4.57. The van der Waals surface area contributed by atoms with E-state index in [1.54, 1.807) is 0 Å². The van der Waals surface area contributed by atoms with Crippen molar-refractivity contribution in [2.75, 3.05) is 0 Å². The van der Waals surface area contributed by atoms with Crippen LogP contribution in [-0.2, 0) is 0 Å². The minimum atomic E-state index is -5.75. The molecule has 12 heavy (non-hydrogen) atoms. The van der Waals surface area contributed by atoms with Gasteiger partial charge in [-0.2, -0.15) is 22.0 Å². The van der Waals surface area contributed by atoms with Crippen molar-refractivity contribution in [3.05, 3.63) is 0 Å². The predicted molar refractivity (Wildman–Crippen MR) is 23.0 cm³/mol. The summed E-state index contributed by atoms with van der Waals surface area (Å²) >= 11 is 0. The molecule has 1 nitrogen and oxygen atoms in total. The van der Waals surface area contributed by atoms with Crippen molar-refractivity contribution in [3.8, 4) is 0 Å². The maximum atomic E-state index is 11.7. The minimum Gasteiger partial charge on any atom is -0.379 e. The van der Waals surface area contributed by atoms with Gasteiger partial charge < -0.3 is 5.11 Å². The lowest BCUT2D eigenvalue weighted by atomic mass is 10.2. The molecule has 1 atom stereocenters. The molecule has 0 heterocycles. The highest BCUT2D eigenvalue weighted by Crippen LogP contribution is 2.35. The fourth-order valence-corrected chi connectivity index (χ4v) is 0.338. The van der Waals surface area contributed by atoms with Crippen LogP contribution in [0.15, 0.2) is 0 Å². The Bertz CT molecular complexity index is 150. The average Bonchev–Trinajstić information content (AvgIpc) is 1.83. The van der Waals surface area contributed by atoms with Crippen LogP contribution in [0.4, 0.5) is 30.7 Å². The molecule has 0 aromatic rings. The third kappa shape index (κ3) is 2.23. The van der Waals surface area contributed by atoms with Crippen LogP contribution in [0.1, 0.15) is 0 Å². The van der Waals surface area contributed by atoms with Crippen molar-refractivity contribution in [1.82, 2.24) is 0 Å². The molecule has 74 valence electrons. The fourth-order valence-electron chi connectivity index (χ4n) is 0.338. The van der Waals surface area contributed by atoms with Crippen molar-refractivity contribution in [2.45, 2.75) is 24.6 Å². The molecule has 0 unspecified atom stereocenters. The average molecular weight is 200 g/mol. The van der Waals surface area contributed by atoms with E-state index in [0.29, 0.717) is 0 Å². The molecule has 0 saturated heterocycles. The summed E-state index contributed by atoms with van der Waals surface area (Å²) in [7, 11) is 0. The van der Waals surface area contributed by atoms with Crippen LogP contribution in [0, 0.1) is 0 Å². The number of halogens is 7. The molecule has 0 fully saturated rings. The van der Waals surface area contributed by atoms with E-state index in [2.05, 4.69) is 0 Å². The lowest BCUT2D eigenvalue weighted by Gasteiger charge is -2.23. The summed E-state index contributed by atoms with van der Waals surface area (Å²) in [4.78, 5) is 0. The standard InChI is InChI=1S/C4H3F7O/c5-2(6)3(7,8)1(12)4(9,10)11/h1-2,12H/t1-/m1/s1. The molecule has 0 bridgehead atoms. The smallest absolute Gasteiger partial charge is 0.379 e. The minimum absolute atomic E-state index is 4.33. The Hall–Kier alpha value is -0.530. The van der Waals surface area contributed by atoms with Crippen molar-refractivity contribution in [1.29, 1.82) is 0 Å². The second-order valence-electron chi connectivity index (χ2n) is 1.92. The third-order valence-corrected chi connectivity index (χ3v) is 0.966. The zero-order valence-corrected chi connectivity index (χ0v) is 5.25. The summed E-state index contributed by atoms with van der Waals surface area (Å²) in [5.74, 6) is -5.46. The number of hydrogen-bond donors (Lipinski definition) is 1. The number of hydrogen-bond acceptors (Lipinski definition) is 1. The zero-order valence-electron chi connectivity index (χ0n) is 5.25. The molecule has 1 N–H and O–H groups in total. The largest absolute Gasteiger partial charge is 0.420 e. The van der Waals surface area contributed by atoms with E-state index in [1.807, 2.05) is 0 Å². The van der Waals surface area contributed by atoms with Gasteiger partial charge in [0.25, 0.3) is 0 Å². The fraction of sp³-hybridized carbons (Fsp3) is 1.00. The van der Waals surface area contributed by atoms with E-state index in [9.17, 15) is 30.7 Å². The van der Waals surface area contributed by atoms with Crippen LogP contribution in [0.2, 0.25) is 0 Å². The van der Waals surface area contributed by atoms with Gasteiger partial charge in [-0.3, -0.25) is 0 Å². The van der Waals surface area contributed by atoms with Gasteiger partial charge in [-0.05, 0) is 0 Å². The molecule has 0 aliphatic heterocycles. The first-order valence-electron chi connectivity index (χ1n) is 2.51. The quantitative estimate of drug-likeness (QED) is 0.674. The van der Waals surface area contributed by atoms with Crippen LogP contribution < -0.4 is 0 Å². The normalized spacial score (nSPS) is 16.8. The molecule has 0 amide bonds. The highest BCUT2D eigenvalue weighted by Gasteiger charge is 2.60. The van der Waals surface area contributed by atoms with Gasteiger partial charge in [-0.1, -0.05) is 0 Å². The highest BCUT2D eigenvalue weighted by molar-refractivity contribution is 4.84. The zero-order chi connectivity index (χ0) is 10.2. The second-order valence-corrected chi connectivity index (χ2v) is 1.92. The Morgan fingerprint density at radius 2 is 1.25 bits per heavy atom. The van der Waals surface area contributed by atoms with Gasteiger partial charge in [-0.25, -0.2) is 8.78 Å². The van der Waals surface area contributed by atoms with Crippen LogP contribution >= 0.6 is 0 Å². The summed E-state index contributed by atoms with van der Waals surface area (Å²) in [6, 6.07) is 0. The topological polar surface area (TPSA) is 20.2 Å². The van der Waals surface area contributed by atoms with Gasteiger partial charge in [0.05, 0.1) is 0 Å². The lowest BCUT2D eigenvalue weighted by Crippen LogP contribution is -2.49. The number of aliphatic hydroxyl groups excluding tert-OH is 1. The van der Waals surface area contributed by atoms with E-state index < -0.39 is 24.6 Å². The Kier molecular flexibility index (Phi) is 2.94. The molecule has 0 aliphatic carbocycles. The van der Waals surface area contributed by atoms with Crippen LogP contribution in [-0.4, -0.2) is 29.7 Å². The Labute approximate surface area is 61.8 Å². The summed E-state index contributed by atoms with van der Waals surface area (Å²) in [5, 5.41) is 7.73.